The van der Waals surface area contributed by atoms with Gasteiger partial charge in [0.05, 0.1) is 22.3 Å². The van der Waals surface area contributed by atoms with Gasteiger partial charge in [-0.05, 0) is 31.2 Å². The van der Waals surface area contributed by atoms with Gasteiger partial charge in [-0.3, -0.25) is 10.1 Å². The van der Waals surface area contributed by atoms with Gasteiger partial charge in [-0.2, -0.15) is 5.10 Å². The Bertz CT molecular complexity index is 909. The van der Waals surface area contributed by atoms with Gasteiger partial charge in [0, 0.05) is 12.1 Å². The van der Waals surface area contributed by atoms with Gasteiger partial charge in [-0.1, -0.05) is 6.07 Å². The lowest BCUT2D eigenvalue weighted by Gasteiger charge is -2.07. The summed E-state index contributed by atoms with van der Waals surface area (Å²) in [6.07, 6.45) is 0. The monoisotopic (exact) mass is 312 g/mol. The molecule has 0 amide bonds. The third-order valence-electron chi connectivity index (χ3n) is 3.20. The zero-order chi connectivity index (χ0) is 16.6. The lowest BCUT2D eigenvalue weighted by molar-refractivity contribution is -0.384. The zero-order valence-electron chi connectivity index (χ0n) is 11.9. The van der Waals surface area contributed by atoms with Crippen LogP contribution < -0.4 is 5.11 Å². The first-order valence-electron chi connectivity index (χ1n) is 6.59. The van der Waals surface area contributed by atoms with Crippen molar-refractivity contribution in [2.45, 2.75) is 6.92 Å². The van der Waals surface area contributed by atoms with E-state index in [0.717, 1.165) is 4.68 Å². The Labute approximate surface area is 129 Å². The summed E-state index contributed by atoms with van der Waals surface area (Å²) in [6.45, 7) is 1.75. The van der Waals surface area contributed by atoms with Gasteiger partial charge in [0.1, 0.15) is 11.5 Å². The second-order valence-electron chi connectivity index (χ2n) is 4.80. The lowest BCUT2D eigenvalue weighted by atomic mass is 10.2. The zero-order valence-corrected chi connectivity index (χ0v) is 11.9. The highest BCUT2D eigenvalue weighted by atomic mass is 16.6. The number of rotatable bonds is 4. The Hall–Kier alpha value is -3.42. The summed E-state index contributed by atoms with van der Waals surface area (Å²) in [5.74, 6) is -0.396. The van der Waals surface area contributed by atoms with Crippen molar-refractivity contribution in [1.29, 1.82) is 0 Å². The molecular weight excluding hydrogens is 302 g/mol. The van der Waals surface area contributed by atoms with Gasteiger partial charge < -0.3 is 14.3 Å². The van der Waals surface area contributed by atoms with Crippen LogP contribution in [0.2, 0.25) is 0 Å². The number of nitro groups is 1. The molecule has 0 bridgehead atoms. The number of nitrogens with zero attached hydrogens (tertiary/aromatic N) is 3. The molecule has 23 heavy (non-hydrogen) atoms. The lowest BCUT2D eigenvalue weighted by Crippen LogP contribution is -2.25. The van der Waals surface area contributed by atoms with E-state index in [0.29, 0.717) is 17.2 Å². The summed E-state index contributed by atoms with van der Waals surface area (Å²) in [5.41, 5.74) is 0.143. The number of aryl methyl sites for hydroxylation is 1. The van der Waals surface area contributed by atoms with Crippen molar-refractivity contribution >= 4 is 11.7 Å². The number of non-ortho nitro benzene ring substituents is 1. The number of benzene rings is 1. The molecule has 2 heterocycles. The van der Waals surface area contributed by atoms with Crippen molar-refractivity contribution in [1.82, 2.24) is 9.78 Å². The highest BCUT2D eigenvalue weighted by molar-refractivity contribution is 5.86. The van der Waals surface area contributed by atoms with Crippen LogP contribution in [0.1, 0.15) is 16.2 Å². The van der Waals surface area contributed by atoms with Crippen molar-refractivity contribution in [3.8, 4) is 17.1 Å². The minimum atomic E-state index is -1.45. The van der Waals surface area contributed by atoms with Gasteiger partial charge in [0.15, 0.2) is 5.76 Å². The summed E-state index contributed by atoms with van der Waals surface area (Å²) in [5, 5.41) is 26.4. The summed E-state index contributed by atoms with van der Waals surface area (Å²) >= 11 is 0. The number of carbonyl (C=O) groups excluding carboxylic acids is 1. The molecule has 0 atom stereocenters. The quantitative estimate of drug-likeness (QED) is 0.535. The van der Waals surface area contributed by atoms with Crippen LogP contribution in [0, 0.1) is 17.0 Å². The Morgan fingerprint density at radius 1 is 1.26 bits per heavy atom. The molecule has 3 rings (SSSR count). The molecule has 0 spiro atoms. The number of nitro benzene ring substituents is 1. The predicted molar refractivity (Wildman–Crippen MR) is 77.0 cm³/mol. The number of hydrogen-bond acceptors (Lipinski definition) is 6. The normalized spacial score (nSPS) is 10.7. The predicted octanol–water partition coefficient (Wildman–Crippen LogP) is 1.71. The average molecular weight is 312 g/mol. The summed E-state index contributed by atoms with van der Waals surface area (Å²) < 4.78 is 6.50. The minimum absolute atomic E-state index is 0.169. The van der Waals surface area contributed by atoms with Crippen molar-refractivity contribution in [3.05, 3.63) is 64.0 Å². The number of furan rings is 1. The van der Waals surface area contributed by atoms with E-state index >= 15 is 0 Å². The van der Waals surface area contributed by atoms with Crippen molar-refractivity contribution in [2.75, 3.05) is 0 Å². The smallest absolute Gasteiger partial charge is 0.271 e. The topological polar surface area (TPSA) is 114 Å². The maximum Gasteiger partial charge on any atom is 0.271 e. The summed E-state index contributed by atoms with van der Waals surface area (Å²) in [6, 6.07) is 10.2. The molecule has 0 aliphatic carbocycles. The van der Waals surface area contributed by atoms with E-state index in [1.165, 1.54) is 30.3 Å². The van der Waals surface area contributed by atoms with E-state index in [2.05, 4.69) is 5.10 Å². The van der Waals surface area contributed by atoms with Crippen LogP contribution in [-0.2, 0) is 0 Å². The third-order valence-corrected chi connectivity index (χ3v) is 3.20. The number of aromatic nitrogens is 2. The number of carboxylic acids is 1. The first kappa shape index (κ1) is 14.5. The molecule has 0 N–H and O–H groups in total. The van der Waals surface area contributed by atoms with E-state index in [1.807, 2.05) is 0 Å². The van der Waals surface area contributed by atoms with Crippen molar-refractivity contribution < 1.29 is 19.2 Å². The molecule has 0 aliphatic heterocycles. The summed E-state index contributed by atoms with van der Waals surface area (Å²) in [7, 11) is 0. The van der Waals surface area contributed by atoms with Gasteiger partial charge in [-0.15, -0.1) is 0 Å². The molecule has 8 heteroatoms. The Balaban J connectivity index is 2.15. The molecule has 8 nitrogen and oxygen atoms in total. The van der Waals surface area contributed by atoms with Crippen LogP contribution in [0.4, 0.5) is 5.69 Å². The molecule has 0 radical (unpaired) electrons. The van der Waals surface area contributed by atoms with E-state index in [9.17, 15) is 20.0 Å². The molecule has 0 aliphatic rings. The molecule has 1 aromatic carbocycles. The fourth-order valence-electron chi connectivity index (χ4n) is 2.15. The van der Waals surface area contributed by atoms with E-state index in [-0.39, 0.29) is 17.1 Å². The van der Waals surface area contributed by atoms with Crippen LogP contribution >= 0.6 is 0 Å². The fraction of sp³-hybridized carbons (Fsp3) is 0.0667. The summed E-state index contributed by atoms with van der Waals surface area (Å²) in [4.78, 5) is 21.6. The minimum Gasteiger partial charge on any atom is -0.543 e. The number of carboxylic acid groups (broad SMARTS) is 1. The van der Waals surface area contributed by atoms with Gasteiger partial charge in [-0.25, -0.2) is 4.68 Å². The second-order valence-corrected chi connectivity index (χ2v) is 4.80. The molecule has 0 saturated heterocycles. The largest absolute Gasteiger partial charge is 0.543 e. The van der Waals surface area contributed by atoms with Crippen LogP contribution in [0.3, 0.4) is 0 Å². The molecule has 116 valence electrons. The SMILES string of the molecule is Cc1ccc(-c2cc(C(=O)[O-])n(-c3cccc([N+](=O)[O-])c3)n2)o1. The highest BCUT2D eigenvalue weighted by Crippen LogP contribution is 2.24. The number of hydrogen-bond donors (Lipinski definition) is 0. The Morgan fingerprint density at radius 2 is 2.04 bits per heavy atom. The molecule has 0 saturated carbocycles. The first-order chi connectivity index (χ1) is 11.0. The van der Waals surface area contributed by atoms with E-state index < -0.39 is 10.9 Å². The van der Waals surface area contributed by atoms with Gasteiger partial charge >= 0.3 is 0 Å². The van der Waals surface area contributed by atoms with Crippen molar-refractivity contribution in [2.24, 2.45) is 0 Å². The fourth-order valence-corrected chi connectivity index (χ4v) is 2.15. The first-order valence-corrected chi connectivity index (χ1v) is 6.59. The van der Waals surface area contributed by atoms with Crippen LogP contribution in [0.25, 0.3) is 17.1 Å². The Morgan fingerprint density at radius 3 is 2.65 bits per heavy atom. The number of carbonyl (C=O) groups is 1. The van der Waals surface area contributed by atoms with Crippen molar-refractivity contribution in [3.63, 3.8) is 0 Å². The molecule has 2 aromatic heterocycles. The van der Waals surface area contributed by atoms with Crippen LogP contribution in [0.15, 0.2) is 46.9 Å². The van der Waals surface area contributed by atoms with Crippen LogP contribution in [0.5, 0.6) is 0 Å². The highest BCUT2D eigenvalue weighted by Gasteiger charge is 2.16. The third kappa shape index (κ3) is 2.69. The molecule has 3 aromatic rings. The molecule has 0 unspecified atom stereocenters. The standard InChI is InChI=1S/C15H11N3O5/c1-9-5-6-14(23-9)12-8-13(15(19)20)17(16-12)10-3-2-4-11(7-10)18(21)22/h2-8H,1H3,(H,19,20)/p-1. The second kappa shape index (κ2) is 5.41. The maximum atomic E-state index is 11.3. The van der Waals surface area contributed by atoms with Gasteiger partial charge in [0.2, 0.25) is 0 Å². The molecule has 0 fully saturated rings. The van der Waals surface area contributed by atoms with Crippen LogP contribution in [-0.4, -0.2) is 20.7 Å². The number of aromatic carboxylic acids is 1. The molecular formula is C15H10N3O5-. The average Bonchev–Trinajstić information content (AvgIpc) is 3.13. The van der Waals surface area contributed by atoms with Gasteiger partial charge in [0.25, 0.3) is 5.69 Å². The maximum absolute atomic E-state index is 11.3. The Kier molecular flexibility index (Phi) is 3.41. The van der Waals surface area contributed by atoms with E-state index in [4.69, 9.17) is 4.42 Å². The van der Waals surface area contributed by atoms with E-state index in [1.54, 1.807) is 19.1 Å².